The molecule has 6 nitrogen and oxygen atoms in total. The zero-order valence-corrected chi connectivity index (χ0v) is 14.8. The zero-order chi connectivity index (χ0) is 18.1. The lowest BCUT2D eigenvalue weighted by Gasteiger charge is -2.08. The molecule has 0 saturated heterocycles. The molecule has 0 aliphatic carbocycles. The third kappa shape index (κ3) is 5.17. The largest absolute Gasteiger partial charge is 0.469 e. The van der Waals surface area contributed by atoms with E-state index in [-0.39, 0.29) is 11.9 Å². The third-order valence-corrected chi connectivity index (χ3v) is 4.02. The van der Waals surface area contributed by atoms with Gasteiger partial charge in [0.2, 0.25) is 0 Å². The first-order valence-electron chi connectivity index (χ1n) is 8.64. The van der Waals surface area contributed by atoms with Crippen molar-refractivity contribution in [3.05, 3.63) is 47.8 Å². The molecule has 1 heterocycles. The van der Waals surface area contributed by atoms with E-state index < -0.39 is 0 Å². The molecule has 134 valence electrons. The lowest BCUT2D eigenvalue weighted by molar-refractivity contribution is -0.140. The van der Waals surface area contributed by atoms with Gasteiger partial charge in [-0.15, -0.1) is 0 Å². The van der Waals surface area contributed by atoms with Gasteiger partial charge in [-0.25, -0.2) is 4.68 Å². The van der Waals surface area contributed by atoms with Crippen molar-refractivity contribution in [3.63, 3.8) is 0 Å². The Balaban J connectivity index is 1.88. The van der Waals surface area contributed by atoms with E-state index in [1.165, 1.54) is 7.11 Å². The van der Waals surface area contributed by atoms with E-state index in [4.69, 9.17) is 0 Å². The maximum atomic E-state index is 12.4. The summed E-state index contributed by atoms with van der Waals surface area (Å²) in [6.45, 7) is 2.60. The van der Waals surface area contributed by atoms with Crippen LogP contribution in [0.4, 0.5) is 0 Å². The summed E-state index contributed by atoms with van der Waals surface area (Å²) in [6, 6.07) is 9.78. The van der Waals surface area contributed by atoms with Crippen LogP contribution in [-0.2, 0) is 16.0 Å². The standard InChI is InChI=1S/C19H25N3O3/c1-3-17-16(14-21-22(17)15-10-6-4-7-11-15)19(24)20-13-9-5-8-12-18(23)25-2/h4,6-7,10-11,14H,3,5,8-9,12-13H2,1-2H3,(H,20,24). The van der Waals surface area contributed by atoms with Gasteiger partial charge in [-0.1, -0.05) is 31.5 Å². The summed E-state index contributed by atoms with van der Waals surface area (Å²) in [6.07, 6.45) is 5.24. The van der Waals surface area contributed by atoms with Gasteiger partial charge in [0.25, 0.3) is 5.91 Å². The highest BCUT2D eigenvalue weighted by molar-refractivity contribution is 5.95. The highest BCUT2D eigenvalue weighted by atomic mass is 16.5. The van der Waals surface area contributed by atoms with E-state index in [0.29, 0.717) is 18.5 Å². The Morgan fingerprint density at radius 2 is 1.92 bits per heavy atom. The van der Waals surface area contributed by atoms with Crippen molar-refractivity contribution in [2.24, 2.45) is 0 Å². The van der Waals surface area contributed by atoms with Crippen LogP contribution in [0.1, 0.15) is 48.7 Å². The number of aromatic nitrogens is 2. The Kier molecular flexibility index (Phi) is 7.19. The van der Waals surface area contributed by atoms with Gasteiger partial charge in [-0.3, -0.25) is 9.59 Å². The molecule has 0 aliphatic heterocycles. The van der Waals surface area contributed by atoms with Gasteiger partial charge in [0.05, 0.1) is 30.3 Å². The number of nitrogens with one attached hydrogen (secondary N) is 1. The molecule has 2 rings (SSSR count). The zero-order valence-electron chi connectivity index (χ0n) is 14.8. The average Bonchev–Trinajstić information content (AvgIpc) is 3.08. The van der Waals surface area contributed by atoms with Crippen molar-refractivity contribution < 1.29 is 14.3 Å². The van der Waals surface area contributed by atoms with Crippen LogP contribution in [0.5, 0.6) is 0 Å². The van der Waals surface area contributed by atoms with Crippen LogP contribution in [0.25, 0.3) is 5.69 Å². The fourth-order valence-electron chi connectivity index (χ4n) is 2.67. The molecule has 0 aliphatic rings. The Bertz CT molecular complexity index is 695. The fourth-order valence-corrected chi connectivity index (χ4v) is 2.67. The lowest BCUT2D eigenvalue weighted by Crippen LogP contribution is -2.25. The number of para-hydroxylation sites is 1. The molecule has 1 amide bonds. The maximum Gasteiger partial charge on any atom is 0.305 e. The molecular weight excluding hydrogens is 318 g/mol. The van der Waals surface area contributed by atoms with E-state index >= 15 is 0 Å². The monoisotopic (exact) mass is 343 g/mol. The summed E-state index contributed by atoms with van der Waals surface area (Å²) >= 11 is 0. The minimum absolute atomic E-state index is 0.105. The minimum Gasteiger partial charge on any atom is -0.469 e. The lowest BCUT2D eigenvalue weighted by atomic mass is 10.1. The third-order valence-electron chi connectivity index (χ3n) is 4.02. The Morgan fingerprint density at radius 3 is 2.60 bits per heavy atom. The molecule has 6 heteroatoms. The number of hydrogen-bond acceptors (Lipinski definition) is 4. The Hall–Kier alpha value is -2.63. The van der Waals surface area contributed by atoms with Crippen LogP contribution < -0.4 is 5.32 Å². The SMILES string of the molecule is CCc1c(C(=O)NCCCCCC(=O)OC)cnn1-c1ccccc1. The second kappa shape index (κ2) is 9.61. The molecule has 1 N–H and O–H groups in total. The molecule has 1 aromatic heterocycles. The molecule has 0 fully saturated rings. The van der Waals surface area contributed by atoms with Crippen molar-refractivity contribution in [2.75, 3.05) is 13.7 Å². The van der Waals surface area contributed by atoms with E-state index in [1.807, 2.05) is 41.9 Å². The van der Waals surface area contributed by atoms with Crippen molar-refractivity contribution in [1.29, 1.82) is 0 Å². The van der Waals surface area contributed by atoms with Gasteiger partial charge in [-0.05, 0) is 31.4 Å². The molecule has 1 aromatic carbocycles. The van der Waals surface area contributed by atoms with E-state index in [2.05, 4.69) is 15.2 Å². The van der Waals surface area contributed by atoms with Gasteiger partial charge in [-0.2, -0.15) is 5.10 Å². The first-order chi connectivity index (χ1) is 12.2. The summed E-state index contributed by atoms with van der Waals surface area (Å²) in [5, 5.41) is 7.30. The van der Waals surface area contributed by atoms with Gasteiger partial charge in [0.15, 0.2) is 0 Å². The van der Waals surface area contributed by atoms with E-state index in [1.54, 1.807) is 6.20 Å². The number of benzene rings is 1. The van der Waals surface area contributed by atoms with Crippen LogP contribution in [-0.4, -0.2) is 35.3 Å². The highest BCUT2D eigenvalue weighted by Crippen LogP contribution is 2.15. The summed E-state index contributed by atoms with van der Waals surface area (Å²) in [7, 11) is 1.39. The second-order valence-corrected chi connectivity index (χ2v) is 5.75. The number of ether oxygens (including phenoxy) is 1. The predicted molar refractivity (Wildman–Crippen MR) is 95.8 cm³/mol. The molecule has 0 saturated carbocycles. The molecule has 0 radical (unpaired) electrons. The minimum atomic E-state index is -0.190. The number of unbranched alkanes of at least 4 members (excludes halogenated alkanes) is 2. The number of carbonyl (C=O) groups is 2. The molecule has 0 bridgehead atoms. The summed E-state index contributed by atoms with van der Waals surface area (Å²) in [5.41, 5.74) is 2.46. The van der Waals surface area contributed by atoms with Crippen molar-refractivity contribution in [3.8, 4) is 5.69 Å². The average molecular weight is 343 g/mol. The molecule has 0 spiro atoms. The number of carbonyl (C=O) groups excluding carboxylic acids is 2. The fraction of sp³-hybridized carbons (Fsp3) is 0.421. The first kappa shape index (κ1) is 18.7. The van der Waals surface area contributed by atoms with Crippen LogP contribution >= 0.6 is 0 Å². The summed E-state index contributed by atoms with van der Waals surface area (Å²) in [5.74, 6) is -0.294. The Labute approximate surface area is 148 Å². The first-order valence-corrected chi connectivity index (χ1v) is 8.64. The smallest absolute Gasteiger partial charge is 0.305 e. The maximum absolute atomic E-state index is 12.4. The normalized spacial score (nSPS) is 10.5. The van der Waals surface area contributed by atoms with Crippen LogP contribution in [0.3, 0.4) is 0 Å². The van der Waals surface area contributed by atoms with Gasteiger partial charge in [0.1, 0.15) is 0 Å². The number of rotatable bonds is 9. The predicted octanol–water partition coefficient (Wildman–Crippen LogP) is 2.90. The van der Waals surface area contributed by atoms with Gasteiger partial charge >= 0.3 is 5.97 Å². The van der Waals surface area contributed by atoms with Gasteiger partial charge < -0.3 is 10.1 Å². The number of methoxy groups -OCH3 is 1. The van der Waals surface area contributed by atoms with Gasteiger partial charge in [0, 0.05) is 13.0 Å². The number of nitrogens with zero attached hydrogens (tertiary/aromatic N) is 2. The summed E-state index contributed by atoms with van der Waals surface area (Å²) in [4.78, 5) is 23.4. The second-order valence-electron chi connectivity index (χ2n) is 5.75. The van der Waals surface area contributed by atoms with Crippen LogP contribution in [0.2, 0.25) is 0 Å². The molecule has 2 aromatic rings. The number of amides is 1. The number of hydrogen-bond donors (Lipinski definition) is 1. The van der Waals surface area contributed by atoms with Crippen LogP contribution in [0, 0.1) is 0 Å². The van der Waals surface area contributed by atoms with Crippen molar-refractivity contribution >= 4 is 11.9 Å². The van der Waals surface area contributed by atoms with E-state index in [0.717, 1.165) is 37.1 Å². The van der Waals surface area contributed by atoms with Crippen LogP contribution in [0.15, 0.2) is 36.5 Å². The highest BCUT2D eigenvalue weighted by Gasteiger charge is 2.16. The van der Waals surface area contributed by atoms with E-state index in [9.17, 15) is 9.59 Å². The molecule has 25 heavy (non-hydrogen) atoms. The quantitative estimate of drug-likeness (QED) is 0.561. The van der Waals surface area contributed by atoms with Crippen molar-refractivity contribution in [1.82, 2.24) is 15.1 Å². The molecular formula is C19H25N3O3. The molecule has 0 unspecified atom stereocenters. The Morgan fingerprint density at radius 1 is 1.16 bits per heavy atom. The summed E-state index contributed by atoms with van der Waals surface area (Å²) < 4.78 is 6.41. The van der Waals surface area contributed by atoms with Crippen molar-refractivity contribution in [2.45, 2.75) is 39.0 Å². The molecule has 0 atom stereocenters. The number of esters is 1. The topological polar surface area (TPSA) is 73.2 Å².